The Bertz CT molecular complexity index is 502. The maximum absolute atomic E-state index is 12.0. The van der Waals surface area contributed by atoms with Crippen molar-refractivity contribution < 1.29 is 24.5 Å². The summed E-state index contributed by atoms with van der Waals surface area (Å²) in [5.74, 6) is 0.799. The topological polar surface area (TPSA) is 76.0 Å². The molecule has 3 unspecified atom stereocenters. The molecule has 2 rings (SSSR count). The van der Waals surface area contributed by atoms with Crippen molar-refractivity contribution in [1.82, 2.24) is 0 Å². The number of rotatable bonds is 6. The number of hydrogen-bond acceptors (Lipinski definition) is 5. The number of aliphatic hydroxyl groups excluding tert-OH is 2. The van der Waals surface area contributed by atoms with Gasteiger partial charge in [0.05, 0.1) is 6.10 Å². The quantitative estimate of drug-likeness (QED) is 0.784. The summed E-state index contributed by atoms with van der Waals surface area (Å²) in [7, 11) is 1.59. The van der Waals surface area contributed by atoms with Crippen molar-refractivity contribution in [2.45, 2.75) is 50.7 Å². The number of methoxy groups -OCH3 is 1. The first-order chi connectivity index (χ1) is 11.1. The van der Waals surface area contributed by atoms with Crippen LogP contribution in [0.1, 0.15) is 37.7 Å². The van der Waals surface area contributed by atoms with Crippen molar-refractivity contribution in [2.75, 3.05) is 13.9 Å². The molecule has 0 radical (unpaired) electrons. The van der Waals surface area contributed by atoms with Gasteiger partial charge in [0.25, 0.3) is 0 Å². The molecule has 5 heteroatoms. The minimum absolute atomic E-state index is 0.211. The van der Waals surface area contributed by atoms with E-state index in [1.807, 2.05) is 24.3 Å². The zero-order valence-corrected chi connectivity index (χ0v) is 13.6. The molecule has 1 aromatic carbocycles. The Kier molecular flexibility index (Phi) is 7.02. The van der Waals surface area contributed by atoms with E-state index >= 15 is 0 Å². The normalized spacial score (nSPS) is 25.7. The Morgan fingerprint density at radius 2 is 2.00 bits per heavy atom. The molecule has 0 amide bonds. The lowest BCUT2D eigenvalue weighted by atomic mass is 9.84. The predicted molar refractivity (Wildman–Crippen MR) is 86.2 cm³/mol. The third-order valence-corrected chi connectivity index (χ3v) is 4.42. The van der Waals surface area contributed by atoms with E-state index in [4.69, 9.17) is 9.47 Å². The van der Waals surface area contributed by atoms with Crippen LogP contribution in [-0.2, 0) is 16.0 Å². The first-order valence-corrected chi connectivity index (χ1v) is 8.20. The second-order valence-electron chi connectivity index (χ2n) is 6.18. The molecule has 0 spiro atoms. The van der Waals surface area contributed by atoms with Crippen LogP contribution in [0.15, 0.2) is 24.3 Å². The third-order valence-electron chi connectivity index (χ3n) is 4.42. The molecule has 1 saturated carbocycles. The van der Waals surface area contributed by atoms with Crippen molar-refractivity contribution >= 4 is 5.78 Å². The Labute approximate surface area is 137 Å². The van der Waals surface area contributed by atoms with Gasteiger partial charge in [0.1, 0.15) is 11.9 Å². The van der Waals surface area contributed by atoms with Crippen molar-refractivity contribution in [3.8, 4) is 5.75 Å². The number of aliphatic hydroxyl groups is 2. The standard InChI is InChI=1S/C18H26O5/c1-22-12-23-17-8-3-2-6-14(17)10-9-13-5-4-7-15(19)18(21)16(20)11-13/h2-3,6,8,13,15,18-19,21H,4-5,7,9-12H2,1H3. The van der Waals surface area contributed by atoms with E-state index in [1.54, 1.807) is 7.11 Å². The summed E-state index contributed by atoms with van der Waals surface area (Å²) in [6, 6.07) is 7.83. The van der Waals surface area contributed by atoms with Gasteiger partial charge >= 0.3 is 0 Å². The molecular formula is C18H26O5. The molecule has 1 aliphatic rings. The summed E-state index contributed by atoms with van der Waals surface area (Å²) in [6.07, 6.45) is 2.09. The third kappa shape index (κ3) is 5.30. The van der Waals surface area contributed by atoms with Gasteiger partial charge in [-0.15, -0.1) is 0 Å². The Balaban J connectivity index is 1.93. The van der Waals surface area contributed by atoms with Crippen LogP contribution in [-0.4, -0.2) is 42.1 Å². The molecule has 0 heterocycles. The van der Waals surface area contributed by atoms with E-state index in [1.165, 1.54) is 0 Å². The molecule has 1 aromatic rings. The van der Waals surface area contributed by atoms with Gasteiger partial charge in [-0.1, -0.05) is 24.6 Å². The second kappa shape index (κ2) is 9.01. The highest BCUT2D eigenvalue weighted by atomic mass is 16.7. The molecule has 5 nitrogen and oxygen atoms in total. The van der Waals surface area contributed by atoms with Gasteiger partial charge in [-0.3, -0.25) is 4.79 Å². The first-order valence-electron chi connectivity index (χ1n) is 8.20. The molecule has 3 atom stereocenters. The monoisotopic (exact) mass is 322 g/mol. The highest BCUT2D eigenvalue weighted by Gasteiger charge is 2.28. The van der Waals surface area contributed by atoms with Crippen LogP contribution in [0.5, 0.6) is 5.75 Å². The maximum atomic E-state index is 12.0. The van der Waals surface area contributed by atoms with Crippen LogP contribution in [0.4, 0.5) is 0 Å². The Hall–Kier alpha value is -1.43. The van der Waals surface area contributed by atoms with Crippen LogP contribution in [0.25, 0.3) is 0 Å². The van der Waals surface area contributed by atoms with Crippen molar-refractivity contribution in [3.05, 3.63) is 29.8 Å². The summed E-state index contributed by atoms with van der Waals surface area (Å²) in [4.78, 5) is 12.0. The van der Waals surface area contributed by atoms with Crippen LogP contribution in [0.3, 0.4) is 0 Å². The van der Waals surface area contributed by atoms with Gasteiger partial charge < -0.3 is 19.7 Å². The molecule has 128 valence electrons. The van der Waals surface area contributed by atoms with E-state index in [0.29, 0.717) is 12.8 Å². The van der Waals surface area contributed by atoms with Crippen LogP contribution >= 0.6 is 0 Å². The molecule has 23 heavy (non-hydrogen) atoms. The van der Waals surface area contributed by atoms with E-state index in [2.05, 4.69) is 0 Å². The molecular weight excluding hydrogens is 296 g/mol. The van der Waals surface area contributed by atoms with E-state index < -0.39 is 12.2 Å². The zero-order valence-electron chi connectivity index (χ0n) is 13.6. The van der Waals surface area contributed by atoms with Gasteiger partial charge in [0.2, 0.25) is 0 Å². The van der Waals surface area contributed by atoms with Crippen molar-refractivity contribution in [1.29, 1.82) is 0 Å². The lowest BCUT2D eigenvalue weighted by Gasteiger charge is -2.25. The summed E-state index contributed by atoms with van der Waals surface area (Å²) >= 11 is 0. The molecule has 0 aromatic heterocycles. The van der Waals surface area contributed by atoms with Crippen LogP contribution < -0.4 is 4.74 Å². The number of ether oxygens (including phenoxy) is 2. The number of benzene rings is 1. The predicted octanol–water partition coefficient (Wildman–Crippen LogP) is 2.08. The minimum atomic E-state index is -1.23. The summed E-state index contributed by atoms with van der Waals surface area (Å²) < 4.78 is 10.5. The summed E-state index contributed by atoms with van der Waals surface area (Å²) in [5.41, 5.74) is 1.10. The highest BCUT2D eigenvalue weighted by Crippen LogP contribution is 2.27. The molecule has 2 N–H and O–H groups in total. The fourth-order valence-electron chi connectivity index (χ4n) is 3.08. The van der Waals surface area contributed by atoms with E-state index in [9.17, 15) is 15.0 Å². The highest BCUT2D eigenvalue weighted by molar-refractivity contribution is 5.83. The van der Waals surface area contributed by atoms with Gasteiger partial charge in [0, 0.05) is 13.5 Å². The lowest BCUT2D eigenvalue weighted by Crippen LogP contribution is -2.36. The van der Waals surface area contributed by atoms with Crippen molar-refractivity contribution in [2.24, 2.45) is 5.92 Å². The lowest BCUT2D eigenvalue weighted by molar-refractivity contribution is -0.135. The molecule has 0 saturated heterocycles. The second-order valence-corrected chi connectivity index (χ2v) is 6.18. The number of carbonyl (C=O) groups excluding carboxylic acids is 1. The Morgan fingerprint density at radius 3 is 2.78 bits per heavy atom. The average Bonchev–Trinajstić information content (AvgIpc) is 2.56. The average molecular weight is 322 g/mol. The number of aryl methyl sites for hydroxylation is 1. The first kappa shape index (κ1) is 17.9. The molecule has 0 bridgehead atoms. The number of carbonyl (C=O) groups is 1. The van der Waals surface area contributed by atoms with Crippen molar-refractivity contribution in [3.63, 3.8) is 0 Å². The number of Topliss-reactive ketones (excluding diaryl/α,β-unsaturated/α-hetero) is 1. The SMILES string of the molecule is COCOc1ccccc1CCC1CCCC(O)C(O)C(=O)C1. The minimum Gasteiger partial charge on any atom is -0.467 e. The fourth-order valence-corrected chi connectivity index (χ4v) is 3.08. The summed E-state index contributed by atoms with van der Waals surface area (Å²) in [5, 5.41) is 19.4. The zero-order chi connectivity index (χ0) is 16.7. The van der Waals surface area contributed by atoms with Gasteiger partial charge in [-0.05, 0) is 43.2 Å². The molecule has 0 aliphatic heterocycles. The maximum Gasteiger partial charge on any atom is 0.188 e. The van der Waals surface area contributed by atoms with Gasteiger partial charge in [-0.2, -0.15) is 0 Å². The largest absolute Gasteiger partial charge is 0.467 e. The number of ketones is 1. The number of para-hydroxylation sites is 1. The Morgan fingerprint density at radius 1 is 1.22 bits per heavy atom. The molecule has 1 aliphatic carbocycles. The van der Waals surface area contributed by atoms with E-state index in [0.717, 1.165) is 37.0 Å². The smallest absolute Gasteiger partial charge is 0.188 e. The molecule has 1 fully saturated rings. The van der Waals surface area contributed by atoms with Gasteiger partial charge in [0.15, 0.2) is 12.6 Å². The van der Waals surface area contributed by atoms with Crippen LogP contribution in [0.2, 0.25) is 0 Å². The fraction of sp³-hybridized carbons (Fsp3) is 0.611. The van der Waals surface area contributed by atoms with E-state index in [-0.39, 0.29) is 18.5 Å². The van der Waals surface area contributed by atoms with Crippen LogP contribution in [0, 0.1) is 5.92 Å². The number of hydrogen-bond donors (Lipinski definition) is 2. The van der Waals surface area contributed by atoms with Gasteiger partial charge in [-0.25, -0.2) is 0 Å². The summed E-state index contributed by atoms with van der Waals surface area (Å²) in [6.45, 7) is 0.211.